The van der Waals surface area contributed by atoms with Crippen LogP contribution in [0.1, 0.15) is 27.2 Å². The van der Waals surface area contributed by atoms with Crippen molar-refractivity contribution in [1.82, 2.24) is 4.90 Å². The van der Waals surface area contributed by atoms with Crippen LogP contribution in [-0.2, 0) is 0 Å². The molecule has 10 heavy (non-hydrogen) atoms. The molecule has 0 rings (SSSR count). The van der Waals surface area contributed by atoms with E-state index in [0.29, 0.717) is 0 Å². The molecule has 0 N–H and O–H groups in total. The minimum Gasteiger partial charge on any atom is -0.330 e. The minimum atomic E-state index is 0. The quantitative estimate of drug-likeness (QED) is 0.557. The fourth-order valence-corrected chi connectivity index (χ4v) is 0.387. The number of nitrogens with zero attached hydrogens (tertiary/aromatic N) is 1. The van der Waals surface area contributed by atoms with Crippen LogP contribution in [0.25, 0.3) is 0 Å². The summed E-state index contributed by atoms with van der Waals surface area (Å²) in [4.78, 5) is 2.18. The van der Waals surface area contributed by atoms with Gasteiger partial charge in [0.15, 0.2) is 0 Å². The summed E-state index contributed by atoms with van der Waals surface area (Å²) in [5, 5.41) is 0. The van der Waals surface area contributed by atoms with Crippen molar-refractivity contribution in [2.45, 2.75) is 27.2 Å². The molecule has 0 heterocycles. The average molecular weight is 216 g/mol. The van der Waals surface area contributed by atoms with E-state index in [-0.39, 0.29) is 58.2 Å². The first kappa shape index (κ1) is 17.7. The molecule has 0 radical (unpaired) electrons. The largest absolute Gasteiger partial charge is 1.00 e. The zero-order valence-corrected chi connectivity index (χ0v) is 13.4. The molecule has 0 aliphatic carbocycles. The van der Waals surface area contributed by atoms with Gasteiger partial charge in [0.05, 0.1) is 0 Å². The molecule has 2 heteroatoms. The van der Waals surface area contributed by atoms with Crippen LogP contribution < -0.4 is 58.2 Å². The second kappa shape index (κ2) is 17.0. The first-order valence-corrected chi connectivity index (χ1v) is 3.70. The Morgan fingerprint density at radius 3 is 1.70 bits per heavy atom. The molecule has 0 aliphatic rings. The minimum absolute atomic E-state index is 0. The van der Waals surface area contributed by atoms with E-state index in [1.54, 1.807) is 0 Å². The second-order valence-electron chi connectivity index (χ2n) is 2.00. The summed E-state index contributed by atoms with van der Waals surface area (Å²) < 4.78 is 0. The summed E-state index contributed by atoms with van der Waals surface area (Å²) in [5.41, 5.74) is 0. The Balaban J connectivity index is -0.000000149. The average Bonchev–Trinajstić information content (AvgIpc) is 1.88. The van der Waals surface area contributed by atoms with E-state index in [9.17, 15) is 0 Å². The van der Waals surface area contributed by atoms with E-state index in [1.807, 2.05) is 13.8 Å². The first-order valence-electron chi connectivity index (χ1n) is 3.70. The molecule has 0 aromatic rings. The van der Waals surface area contributed by atoms with Crippen LogP contribution in [0.2, 0.25) is 0 Å². The van der Waals surface area contributed by atoms with Crippen LogP contribution in [0.5, 0.6) is 0 Å². The van der Waals surface area contributed by atoms with Crippen LogP contribution in [-0.4, -0.2) is 25.5 Å². The Bertz CT molecular complexity index is 38.2. The van der Waals surface area contributed by atoms with Gasteiger partial charge < -0.3 is 11.3 Å². The van der Waals surface area contributed by atoms with Gasteiger partial charge in [0.1, 0.15) is 0 Å². The molecule has 0 aromatic carbocycles. The molecule has 0 aliphatic heterocycles. The molecule has 0 amide bonds. The molecule has 0 saturated heterocycles. The van der Waals surface area contributed by atoms with Gasteiger partial charge in [-0.2, -0.15) is 13.3 Å². The maximum atomic E-state index is 2.18. The van der Waals surface area contributed by atoms with E-state index in [1.165, 1.54) is 13.0 Å². The van der Waals surface area contributed by atoms with Gasteiger partial charge in [0, 0.05) is 0 Å². The molecular weight excluding hydrogens is 196 g/mol. The molecule has 1 nitrogen and oxygen atoms in total. The van der Waals surface area contributed by atoms with Crippen LogP contribution >= 0.6 is 0 Å². The van der Waals surface area contributed by atoms with Crippen LogP contribution in [0.4, 0.5) is 0 Å². The molecule has 58 valence electrons. The number of unbranched alkanes of at least 4 members (excludes halogenated alkanes) is 1. The van der Waals surface area contributed by atoms with Gasteiger partial charge in [-0.1, -0.05) is 13.8 Å². The van der Waals surface area contributed by atoms with Crippen molar-refractivity contribution in [3.63, 3.8) is 0 Å². The summed E-state index contributed by atoms with van der Waals surface area (Å²) >= 11 is 0. The third-order valence-electron chi connectivity index (χ3n) is 0.865. The molecule has 0 saturated carbocycles. The number of hydrogen-bond donors (Lipinski definition) is 0. The summed E-state index contributed by atoms with van der Waals surface area (Å²) in [5.74, 6) is 0. The monoisotopic (exact) mass is 215 g/mol. The molecule has 0 unspecified atom stereocenters. The van der Waals surface area contributed by atoms with Crippen molar-refractivity contribution < 1.29 is 58.2 Å². The predicted molar refractivity (Wildman–Crippen MR) is 44.5 cm³/mol. The second-order valence-corrected chi connectivity index (χ2v) is 2.00. The van der Waals surface area contributed by atoms with Gasteiger partial charge in [0.2, 0.25) is 0 Å². The Kier molecular flexibility index (Phi) is 30.2. The van der Waals surface area contributed by atoms with Crippen molar-refractivity contribution in [2.24, 2.45) is 0 Å². The Hall–Kier alpha value is 1.77. The van der Waals surface area contributed by atoms with Crippen molar-refractivity contribution >= 4 is 0 Å². The fraction of sp³-hybridized carbons (Fsp3) is 0.875. The van der Waals surface area contributed by atoms with Crippen molar-refractivity contribution in [2.75, 3.05) is 20.6 Å². The van der Waals surface area contributed by atoms with Gasteiger partial charge in [-0.3, -0.25) is 0 Å². The zero-order valence-electron chi connectivity index (χ0n) is 8.44. The van der Waals surface area contributed by atoms with E-state index in [4.69, 9.17) is 0 Å². The van der Waals surface area contributed by atoms with Crippen LogP contribution in [0, 0.1) is 6.42 Å². The third-order valence-corrected chi connectivity index (χ3v) is 0.865. The molecular formula is C8H20NRb. The summed E-state index contributed by atoms with van der Waals surface area (Å²) in [7, 11) is 4.17. The van der Waals surface area contributed by atoms with E-state index >= 15 is 0 Å². The molecule has 0 atom stereocenters. The van der Waals surface area contributed by atoms with Gasteiger partial charge in [-0.05, 0) is 20.6 Å². The normalized spacial score (nSPS) is 7.80. The van der Waals surface area contributed by atoms with E-state index in [0.717, 1.165) is 0 Å². The zero-order chi connectivity index (χ0) is 7.70. The summed E-state index contributed by atoms with van der Waals surface area (Å²) in [6.45, 7) is 7.26. The molecule has 0 spiro atoms. The fourth-order valence-electron chi connectivity index (χ4n) is 0.387. The molecule has 0 fully saturated rings. The summed E-state index contributed by atoms with van der Waals surface area (Å²) in [6, 6.07) is 0. The van der Waals surface area contributed by atoms with Gasteiger partial charge in [-0.25, -0.2) is 0 Å². The molecule has 0 aromatic heterocycles. The van der Waals surface area contributed by atoms with Crippen molar-refractivity contribution in [3.05, 3.63) is 6.42 Å². The smallest absolute Gasteiger partial charge is 0.330 e. The van der Waals surface area contributed by atoms with Crippen molar-refractivity contribution in [1.29, 1.82) is 0 Å². The van der Waals surface area contributed by atoms with E-state index < -0.39 is 0 Å². The first-order chi connectivity index (χ1) is 4.27. The van der Waals surface area contributed by atoms with Gasteiger partial charge in [-0.15, -0.1) is 0 Å². The van der Waals surface area contributed by atoms with Gasteiger partial charge >= 0.3 is 58.2 Å². The molecule has 0 bridgehead atoms. The maximum absolute atomic E-state index is 2.18. The predicted octanol–water partition coefficient (Wildman–Crippen LogP) is -0.808. The number of rotatable bonds is 3. The SMILES string of the molecule is CC.C[CH-]CCN(C)C.[Rb+]. The standard InChI is InChI=1S/C6H14N.C2H6.Rb/c1-4-5-6-7(2)3;1-2;/h4H,5-6H2,1-3H3;1-2H3;/q-1;;+1. The topological polar surface area (TPSA) is 3.24 Å². The third kappa shape index (κ3) is 22.6. The van der Waals surface area contributed by atoms with Crippen molar-refractivity contribution in [3.8, 4) is 0 Å². The Morgan fingerprint density at radius 2 is 1.60 bits per heavy atom. The van der Waals surface area contributed by atoms with Crippen LogP contribution in [0.15, 0.2) is 0 Å². The Morgan fingerprint density at radius 1 is 1.20 bits per heavy atom. The number of hydrogen-bond acceptors (Lipinski definition) is 1. The maximum Gasteiger partial charge on any atom is 1.00 e. The van der Waals surface area contributed by atoms with Crippen LogP contribution in [0.3, 0.4) is 0 Å². The van der Waals surface area contributed by atoms with Gasteiger partial charge in [0.25, 0.3) is 0 Å². The van der Waals surface area contributed by atoms with E-state index in [2.05, 4.69) is 32.3 Å². The summed E-state index contributed by atoms with van der Waals surface area (Å²) in [6.07, 6.45) is 3.38. The Labute approximate surface area is 115 Å².